The van der Waals surface area contributed by atoms with Crippen LogP contribution < -0.4 is 4.52 Å². The van der Waals surface area contributed by atoms with Crippen molar-refractivity contribution >= 4 is 18.6 Å². The monoisotopic (exact) mass is 308 g/mol. The SMILES string of the molecule is CCCCCCOP(=O)(O)Oc1cccc2ccccc12. The van der Waals surface area contributed by atoms with Crippen LogP contribution in [0.15, 0.2) is 42.5 Å². The fraction of sp³-hybridized carbons (Fsp3) is 0.375. The van der Waals surface area contributed by atoms with Crippen molar-refractivity contribution in [3.05, 3.63) is 42.5 Å². The number of unbranched alkanes of at least 4 members (excludes halogenated alkanes) is 3. The lowest BCUT2D eigenvalue weighted by atomic mass is 10.1. The van der Waals surface area contributed by atoms with Gasteiger partial charge in [0.25, 0.3) is 0 Å². The predicted octanol–water partition coefficient (Wildman–Crippen LogP) is 4.92. The zero-order chi connectivity index (χ0) is 15.1. The van der Waals surface area contributed by atoms with Gasteiger partial charge in [0.1, 0.15) is 5.75 Å². The van der Waals surface area contributed by atoms with Crippen LogP contribution in [0.2, 0.25) is 0 Å². The van der Waals surface area contributed by atoms with Gasteiger partial charge >= 0.3 is 7.82 Å². The van der Waals surface area contributed by atoms with E-state index in [0.29, 0.717) is 5.75 Å². The van der Waals surface area contributed by atoms with E-state index in [0.717, 1.165) is 36.5 Å². The van der Waals surface area contributed by atoms with Gasteiger partial charge < -0.3 is 4.52 Å². The Bertz CT molecular complexity index is 621. The topological polar surface area (TPSA) is 55.8 Å². The molecule has 2 aromatic rings. The molecule has 0 saturated carbocycles. The van der Waals surface area contributed by atoms with Crippen molar-refractivity contribution in [2.45, 2.75) is 32.6 Å². The molecule has 2 rings (SSSR count). The molecule has 114 valence electrons. The molecular weight excluding hydrogens is 287 g/mol. The van der Waals surface area contributed by atoms with Crippen molar-refractivity contribution in [1.82, 2.24) is 0 Å². The van der Waals surface area contributed by atoms with Gasteiger partial charge in [-0.2, -0.15) is 0 Å². The Balaban J connectivity index is 2.00. The van der Waals surface area contributed by atoms with Crippen LogP contribution in [0.25, 0.3) is 10.8 Å². The van der Waals surface area contributed by atoms with Crippen molar-refractivity contribution < 1.29 is 18.5 Å². The third kappa shape index (κ3) is 4.85. The molecule has 0 aliphatic carbocycles. The summed E-state index contributed by atoms with van der Waals surface area (Å²) in [5.41, 5.74) is 0. The normalized spacial score (nSPS) is 14.0. The fourth-order valence-corrected chi connectivity index (χ4v) is 2.95. The summed E-state index contributed by atoms with van der Waals surface area (Å²) in [7, 11) is -4.07. The highest BCUT2D eigenvalue weighted by atomic mass is 31.2. The quantitative estimate of drug-likeness (QED) is 0.555. The lowest BCUT2D eigenvalue weighted by Crippen LogP contribution is -1.99. The fourth-order valence-electron chi connectivity index (χ4n) is 2.13. The molecule has 4 nitrogen and oxygen atoms in total. The predicted molar refractivity (Wildman–Crippen MR) is 84.5 cm³/mol. The molecule has 1 unspecified atom stereocenters. The molecular formula is C16H21O4P. The minimum Gasteiger partial charge on any atom is -0.403 e. The van der Waals surface area contributed by atoms with Gasteiger partial charge in [0.05, 0.1) is 6.61 Å². The van der Waals surface area contributed by atoms with Gasteiger partial charge in [-0.3, -0.25) is 9.42 Å². The molecule has 0 spiro atoms. The Morgan fingerprint density at radius 1 is 1.05 bits per heavy atom. The largest absolute Gasteiger partial charge is 0.527 e. The Kier molecular flexibility index (Phi) is 5.80. The van der Waals surface area contributed by atoms with Crippen molar-refractivity contribution in [1.29, 1.82) is 0 Å². The molecule has 0 radical (unpaired) electrons. The summed E-state index contributed by atoms with van der Waals surface area (Å²) in [6.45, 7) is 2.35. The maximum absolute atomic E-state index is 12.0. The molecule has 5 heteroatoms. The Morgan fingerprint density at radius 2 is 1.81 bits per heavy atom. The molecule has 1 atom stereocenters. The maximum Gasteiger partial charge on any atom is 0.527 e. The third-order valence-corrected chi connectivity index (χ3v) is 4.15. The third-order valence-electron chi connectivity index (χ3n) is 3.22. The van der Waals surface area contributed by atoms with Crippen LogP contribution in [0.4, 0.5) is 0 Å². The number of rotatable bonds is 8. The number of fused-ring (bicyclic) bond motifs is 1. The van der Waals surface area contributed by atoms with Gasteiger partial charge in [0.2, 0.25) is 0 Å². The van der Waals surface area contributed by atoms with E-state index in [9.17, 15) is 9.46 Å². The molecule has 2 aromatic carbocycles. The molecule has 0 bridgehead atoms. The average Bonchev–Trinajstić information content (AvgIpc) is 2.47. The van der Waals surface area contributed by atoms with E-state index >= 15 is 0 Å². The smallest absolute Gasteiger partial charge is 0.403 e. The summed E-state index contributed by atoms with van der Waals surface area (Å²) in [4.78, 5) is 9.79. The van der Waals surface area contributed by atoms with Crippen LogP contribution in [-0.2, 0) is 9.09 Å². The second kappa shape index (κ2) is 7.60. The van der Waals surface area contributed by atoms with Gasteiger partial charge in [0.15, 0.2) is 0 Å². The summed E-state index contributed by atoms with van der Waals surface area (Å²) in [6, 6.07) is 12.9. The van der Waals surface area contributed by atoms with Crippen LogP contribution in [-0.4, -0.2) is 11.5 Å². The minimum atomic E-state index is -4.07. The molecule has 0 amide bonds. The van der Waals surface area contributed by atoms with E-state index in [1.807, 2.05) is 30.3 Å². The first-order chi connectivity index (χ1) is 10.1. The zero-order valence-electron chi connectivity index (χ0n) is 12.2. The Hall–Kier alpha value is -1.35. The second-order valence-electron chi connectivity index (χ2n) is 4.93. The maximum atomic E-state index is 12.0. The standard InChI is InChI=1S/C16H21O4P/c1-2-3-4-7-13-19-21(17,18)20-16-12-8-10-14-9-5-6-11-15(14)16/h5-6,8-12H,2-4,7,13H2,1H3,(H,17,18). The first-order valence-electron chi connectivity index (χ1n) is 7.27. The molecule has 21 heavy (non-hydrogen) atoms. The van der Waals surface area contributed by atoms with Crippen LogP contribution >= 0.6 is 7.82 Å². The van der Waals surface area contributed by atoms with E-state index in [-0.39, 0.29) is 6.61 Å². The summed E-state index contributed by atoms with van der Waals surface area (Å²) in [5.74, 6) is 0.368. The Labute approximate surface area is 125 Å². The molecule has 0 fully saturated rings. The van der Waals surface area contributed by atoms with Gasteiger partial charge in [0, 0.05) is 5.39 Å². The van der Waals surface area contributed by atoms with Gasteiger partial charge in [-0.1, -0.05) is 62.6 Å². The highest BCUT2D eigenvalue weighted by molar-refractivity contribution is 7.47. The number of hydrogen-bond donors (Lipinski definition) is 1. The van der Waals surface area contributed by atoms with Gasteiger partial charge in [-0.25, -0.2) is 4.57 Å². The van der Waals surface area contributed by atoms with Crippen molar-refractivity contribution in [2.24, 2.45) is 0 Å². The summed E-state index contributed by atoms with van der Waals surface area (Å²) >= 11 is 0. The van der Waals surface area contributed by atoms with Crippen LogP contribution in [0.5, 0.6) is 5.75 Å². The first-order valence-corrected chi connectivity index (χ1v) is 8.76. The van der Waals surface area contributed by atoms with E-state index < -0.39 is 7.82 Å². The summed E-state index contributed by atoms with van der Waals surface area (Å²) < 4.78 is 22.2. The molecule has 0 aromatic heterocycles. The minimum absolute atomic E-state index is 0.235. The number of phosphoric ester groups is 1. The van der Waals surface area contributed by atoms with Crippen molar-refractivity contribution in [3.63, 3.8) is 0 Å². The lowest BCUT2D eigenvalue weighted by Gasteiger charge is -2.14. The summed E-state index contributed by atoms with van der Waals surface area (Å²) in [6.07, 6.45) is 3.97. The molecule has 1 N–H and O–H groups in total. The van der Waals surface area contributed by atoms with Crippen LogP contribution in [0, 0.1) is 0 Å². The Morgan fingerprint density at radius 3 is 2.62 bits per heavy atom. The second-order valence-corrected chi connectivity index (χ2v) is 6.31. The first kappa shape index (κ1) is 16.0. The van der Waals surface area contributed by atoms with E-state index in [2.05, 4.69) is 6.92 Å². The molecule has 0 aliphatic rings. The van der Waals surface area contributed by atoms with Crippen LogP contribution in [0.3, 0.4) is 0 Å². The van der Waals surface area contributed by atoms with E-state index in [1.54, 1.807) is 12.1 Å². The number of hydrogen-bond acceptors (Lipinski definition) is 3. The van der Waals surface area contributed by atoms with E-state index in [4.69, 9.17) is 9.05 Å². The zero-order valence-corrected chi connectivity index (χ0v) is 13.1. The summed E-state index contributed by atoms with van der Waals surface area (Å²) in [5, 5.41) is 1.75. The van der Waals surface area contributed by atoms with E-state index in [1.165, 1.54) is 0 Å². The van der Waals surface area contributed by atoms with Crippen LogP contribution in [0.1, 0.15) is 32.6 Å². The van der Waals surface area contributed by atoms with Gasteiger partial charge in [-0.05, 0) is 17.9 Å². The van der Waals surface area contributed by atoms with Gasteiger partial charge in [-0.15, -0.1) is 0 Å². The highest BCUT2D eigenvalue weighted by Crippen LogP contribution is 2.45. The number of phosphoric acid groups is 1. The number of benzene rings is 2. The lowest BCUT2D eigenvalue weighted by molar-refractivity contribution is 0.200. The average molecular weight is 308 g/mol. The molecule has 0 heterocycles. The molecule has 0 aliphatic heterocycles. The van der Waals surface area contributed by atoms with Crippen molar-refractivity contribution in [3.8, 4) is 5.75 Å². The van der Waals surface area contributed by atoms with Crippen molar-refractivity contribution in [2.75, 3.05) is 6.61 Å². The highest BCUT2D eigenvalue weighted by Gasteiger charge is 2.23. The molecule has 0 saturated heterocycles.